The van der Waals surface area contributed by atoms with Crippen LogP contribution in [-0.4, -0.2) is 26.3 Å². The van der Waals surface area contributed by atoms with E-state index in [1.807, 2.05) is 0 Å². The fourth-order valence-corrected chi connectivity index (χ4v) is 1.98. The molecule has 96 valence electrons. The molecule has 0 aromatic heterocycles. The van der Waals surface area contributed by atoms with E-state index in [-0.39, 0.29) is 0 Å². The summed E-state index contributed by atoms with van der Waals surface area (Å²) in [5.74, 6) is 0. The number of aryl methyl sites for hydroxylation is 1. The fraction of sp³-hybridized carbons (Fsp3) is 0.538. The first-order valence-corrected chi connectivity index (χ1v) is 6.68. The summed E-state index contributed by atoms with van der Waals surface area (Å²) in [6, 6.07) is 6.59. The average molecular weight is 301 g/mol. The summed E-state index contributed by atoms with van der Waals surface area (Å²) in [6.07, 6.45) is 2.04. The number of nitrogens with two attached hydrogens (primary N) is 1. The van der Waals surface area contributed by atoms with E-state index in [2.05, 4.69) is 46.4 Å². The molecule has 0 amide bonds. The molecule has 0 fully saturated rings. The SMILES string of the molecule is COCC(CCCN)Nc1ccc(Br)c(C)c1. The Balaban J connectivity index is 2.61. The first-order valence-electron chi connectivity index (χ1n) is 5.89. The van der Waals surface area contributed by atoms with E-state index in [0.717, 1.165) is 29.5 Å². The van der Waals surface area contributed by atoms with Crippen LogP contribution in [0.1, 0.15) is 18.4 Å². The highest BCUT2D eigenvalue weighted by molar-refractivity contribution is 9.10. The van der Waals surface area contributed by atoms with E-state index in [4.69, 9.17) is 10.5 Å². The molecule has 3 N–H and O–H groups in total. The Morgan fingerprint density at radius 1 is 1.47 bits per heavy atom. The second-order valence-electron chi connectivity index (χ2n) is 4.19. The number of rotatable bonds is 7. The van der Waals surface area contributed by atoms with Gasteiger partial charge in [0.25, 0.3) is 0 Å². The van der Waals surface area contributed by atoms with Gasteiger partial charge in [0, 0.05) is 23.3 Å². The molecular formula is C13H21BrN2O. The molecule has 1 rings (SSSR count). The quantitative estimate of drug-likeness (QED) is 0.814. The van der Waals surface area contributed by atoms with Crippen LogP contribution in [0.5, 0.6) is 0 Å². The molecule has 1 unspecified atom stereocenters. The van der Waals surface area contributed by atoms with Crippen LogP contribution in [0.3, 0.4) is 0 Å². The number of hydrogen-bond donors (Lipinski definition) is 2. The van der Waals surface area contributed by atoms with E-state index < -0.39 is 0 Å². The highest BCUT2D eigenvalue weighted by Crippen LogP contribution is 2.21. The molecule has 0 radical (unpaired) electrons. The molecule has 17 heavy (non-hydrogen) atoms. The van der Waals surface area contributed by atoms with Gasteiger partial charge in [-0.2, -0.15) is 0 Å². The van der Waals surface area contributed by atoms with E-state index in [9.17, 15) is 0 Å². The maximum atomic E-state index is 5.54. The minimum Gasteiger partial charge on any atom is -0.383 e. The molecule has 1 aromatic carbocycles. The number of methoxy groups -OCH3 is 1. The molecule has 0 spiro atoms. The van der Waals surface area contributed by atoms with Crippen LogP contribution in [0.4, 0.5) is 5.69 Å². The molecule has 0 heterocycles. The van der Waals surface area contributed by atoms with Crippen molar-refractivity contribution in [3.8, 4) is 0 Å². The summed E-state index contributed by atoms with van der Waals surface area (Å²) in [7, 11) is 1.73. The molecule has 0 saturated heterocycles. The number of nitrogens with one attached hydrogen (secondary N) is 1. The number of hydrogen-bond acceptors (Lipinski definition) is 3. The van der Waals surface area contributed by atoms with Gasteiger partial charge in [0.15, 0.2) is 0 Å². The summed E-state index contributed by atoms with van der Waals surface area (Å²) in [6.45, 7) is 3.51. The molecule has 4 heteroatoms. The molecule has 1 aromatic rings. The van der Waals surface area contributed by atoms with Gasteiger partial charge in [0.05, 0.1) is 6.61 Å². The minimum atomic E-state index is 0.323. The van der Waals surface area contributed by atoms with Crippen molar-refractivity contribution in [3.05, 3.63) is 28.2 Å². The van der Waals surface area contributed by atoms with Crippen molar-refractivity contribution in [1.82, 2.24) is 0 Å². The van der Waals surface area contributed by atoms with Crippen molar-refractivity contribution in [1.29, 1.82) is 0 Å². The largest absolute Gasteiger partial charge is 0.383 e. The zero-order valence-electron chi connectivity index (χ0n) is 10.5. The topological polar surface area (TPSA) is 47.3 Å². The van der Waals surface area contributed by atoms with Gasteiger partial charge in [0.1, 0.15) is 0 Å². The van der Waals surface area contributed by atoms with E-state index in [1.54, 1.807) is 7.11 Å². The van der Waals surface area contributed by atoms with Crippen LogP contribution >= 0.6 is 15.9 Å². The average Bonchev–Trinajstić information content (AvgIpc) is 2.31. The van der Waals surface area contributed by atoms with Gasteiger partial charge in [-0.05, 0) is 50.1 Å². The second kappa shape index (κ2) is 7.69. The molecule has 3 nitrogen and oxygen atoms in total. The predicted molar refractivity (Wildman–Crippen MR) is 76.5 cm³/mol. The Bertz CT molecular complexity index is 344. The lowest BCUT2D eigenvalue weighted by molar-refractivity contribution is 0.182. The van der Waals surface area contributed by atoms with Gasteiger partial charge >= 0.3 is 0 Å². The van der Waals surface area contributed by atoms with Crippen LogP contribution in [0.2, 0.25) is 0 Å². The van der Waals surface area contributed by atoms with Crippen LogP contribution in [0.25, 0.3) is 0 Å². The summed E-state index contributed by atoms with van der Waals surface area (Å²) < 4.78 is 6.35. The molecule has 0 aliphatic heterocycles. The lowest BCUT2D eigenvalue weighted by Gasteiger charge is -2.19. The molecule has 1 atom stereocenters. The Labute approximate surface area is 112 Å². The maximum absolute atomic E-state index is 5.54. The van der Waals surface area contributed by atoms with Gasteiger partial charge in [-0.25, -0.2) is 0 Å². The normalized spacial score (nSPS) is 12.5. The van der Waals surface area contributed by atoms with E-state index >= 15 is 0 Å². The first kappa shape index (κ1) is 14.5. The molecule has 0 saturated carbocycles. The van der Waals surface area contributed by atoms with Crippen LogP contribution in [-0.2, 0) is 4.74 Å². The molecule has 0 bridgehead atoms. The molecular weight excluding hydrogens is 280 g/mol. The standard InChI is InChI=1S/C13H21BrN2O/c1-10-8-11(5-6-13(10)14)16-12(9-17-2)4-3-7-15/h5-6,8,12,16H,3-4,7,9,15H2,1-2H3. The molecule has 0 aliphatic rings. The number of benzene rings is 1. The van der Waals surface area contributed by atoms with E-state index in [1.165, 1.54) is 5.56 Å². The summed E-state index contributed by atoms with van der Waals surface area (Å²) in [4.78, 5) is 0. The van der Waals surface area contributed by atoms with Gasteiger partial charge in [0.2, 0.25) is 0 Å². The Kier molecular flexibility index (Phi) is 6.55. The van der Waals surface area contributed by atoms with Crippen molar-refractivity contribution < 1.29 is 4.74 Å². The van der Waals surface area contributed by atoms with Gasteiger partial charge < -0.3 is 15.8 Å². The zero-order chi connectivity index (χ0) is 12.7. The summed E-state index contributed by atoms with van der Waals surface area (Å²) in [5, 5.41) is 3.48. The summed E-state index contributed by atoms with van der Waals surface area (Å²) >= 11 is 3.50. The van der Waals surface area contributed by atoms with Crippen molar-refractivity contribution in [2.75, 3.05) is 25.6 Å². The number of halogens is 1. The van der Waals surface area contributed by atoms with Crippen LogP contribution in [0, 0.1) is 6.92 Å². The first-order chi connectivity index (χ1) is 8.17. The Morgan fingerprint density at radius 3 is 2.82 bits per heavy atom. The number of ether oxygens (including phenoxy) is 1. The predicted octanol–water partition coefficient (Wildman–Crippen LogP) is 2.92. The highest BCUT2D eigenvalue weighted by atomic mass is 79.9. The van der Waals surface area contributed by atoms with Crippen LogP contribution < -0.4 is 11.1 Å². The smallest absolute Gasteiger partial charge is 0.0664 e. The minimum absolute atomic E-state index is 0.323. The van der Waals surface area contributed by atoms with Gasteiger partial charge in [-0.1, -0.05) is 15.9 Å². The second-order valence-corrected chi connectivity index (χ2v) is 5.05. The zero-order valence-corrected chi connectivity index (χ0v) is 12.1. The third-order valence-electron chi connectivity index (χ3n) is 2.65. The lowest BCUT2D eigenvalue weighted by atomic mass is 10.1. The van der Waals surface area contributed by atoms with Crippen molar-refractivity contribution >= 4 is 21.6 Å². The third kappa shape index (κ3) is 5.06. The van der Waals surface area contributed by atoms with Crippen molar-refractivity contribution in [3.63, 3.8) is 0 Å². The van der Waals surface area contributed by atoms with Gasteiger partial charge in [-0.3, -0.25) is 0 Å². The molecule has 0 aliphatic carbocycles. The van der Waals surface area contributed by atoms with Crippen molar-refractivity contribution in [2.24, 2.45) is 5.73 Å². The number of anilines is 1. The van der Waals surface area contributed by atoms with Crippen molar-refractivity contribution in [2.45, 2.75) is 25.8 Å². The van der Waals surface area contributed by atoms with Gasteiger partial charge in [-0.15, -0.1) is 0 Å². The lowest BCUT2D eigenvalue weighted by Crippen LogP contribution is -2.25. The Hall–Kier alpha value is -0.580. The third-order valence-corrected chi connectivity index (χ3v) is 3.54. The maximum Gasteiger partial charge on any atom is 0.0664 e. The monoisotopic (exact) mass is 300 g/mol. The Morgan fingerprint density at radius 2 is 2.24 bits per heavy atom. The summed E-state index contributed by atoms with van der Waals surface area (Å²) in [5.41, 5.74) is 7.89. The van der Waals surface area contributed by atoms with E-state index in [0.29, 0.717) is 12.6 Å². The van der Waals surface area contributed by atoms with Crippen LogP contribution in [0.15, 0.2) is 22.7 Å². The highest BCUT2D eigenvalue weighted by Gasteiger charge is 2.08. The fourth-order valence-electron chi connectivity index (χ4n) is 1.73.